The molecule has 0 fully saturated rings. The molecule has 4 nitrogen and oxygen atoms in total. The van der Waals surface area contributed by atoms with Crippen LogP contribution >= 0.6 is 38.9 Å². The van der Waals surface area contributed by atoms with Crippen molar-refractivity contribution < 1.29 is 8.42 Å². The Morgan fingerprint density at radius 1 is 1.43 bits per heavy atom. The average molecular weight is 410 g/mol. The number of rotatable bonds is 5. The van der Waals surface area contributed by atoms with Gasteiger partial charge in [0.15, 0.2) is 0 Å². The molecule has 3 N–H and O–H groups in total. The van der Waals surface area contributed by atoms with Gasteiger partial charge in [-0.2, -0.15) is 0 Å². The van der Waals surface area contributed by atoms with Gasteiger partial charge in [-0.3, -0.25) is 0 Å². The van der Waals surface area contributed by atoms with E-state index in [0.717, 1.165) is 14.9 Å². The minimum absolute atomic E-state index is 0.170. The maximum atomic E-state index is 12.5. The van der Waals surface area contributed by atoms with Crippen LogP contribution in [0.5, 0.6) is 0 Å². The smallest absolute Gasteiger partial charge is 0.241 e. The fraction of sp³-hybridized carbons (Fsp3) is 0.231. The van der Waals surface area contributed by atoms with Gasteiger partial charge in [0.25, 0.3) is 0 Å². The summed E-state index contributed by atoms with van der Waals surface area (Å²) in [5, 5.41) is 2.25. The van der Waals surface area contributed by atoms with Gasteiger partial charge in [-0.1, -0.05) is 11.6 Å². The normalized spacial score (nSPS) is 11.8. The lowest BCUT2D eigenvalue weighted by molar-refractivity contribution is 0.581. The minimum Gasteiger partial charge on any atom is -0.326 e. The van der Waals surface area contributed by atoms with Gasteiger partial charge in [0.05, 0.1) is 4.90 Å². The van der Waals surface area contributed by atoms with E-state index in [1.807, 2.05) is 11.4 Å². The Hall–Kier alpha value is -0.440. The molecule has 0 aliphatic carbocycles. The standard InChI is InChI=1S/C13H14BrClN2O2S2/c1-8-9(6-16)4-10(15)5-13(8)21(18,19)17-7-12-11(14)2-3-20-12/h2-5,17H,6-7,16H2,1H3. The van der Waals surface area contributed by atoms with Gasteiger partial charge in [0.2, 0.25) is 10.0 Å². The molecule has 0 radical (unpaired) electrons. The zero-order valence-electron chi connectivity index (χ0n) is 11.2. The third-order valence-electron chi connectivity index (χ3n) is 3.06. The monoisotopic (exact) mass is 408 g/mol. The van der Waals surface area contributed by atoms with Gasteiger partial charge in [-0.05, 0) is 57.6 Å². The summed E-state index contributed by atoms with van der Waals surface area (Å²) in [6.45, 7) is 2.20. The maximum Gasteiger partial charge on any atom is 0.241 e. The molecule has 0 saturated carbocycles. The van der Waals surface area contributed by atoms with Crippen LogP contribution in [-0.2, 0) is 23.1 Å². The summed E-state index contributed by atoms with van der Waals surface area (Å²) < 4.78 is 28.4. The molecule has 0 aliphatic heterocycles. The molecular weight excluding hydrogens is 396 g/mol. The van der Waals surface area contributed by atoms with Gasteiger partial charge >= 0.3 is 0 Å². The molecule has 0 amide bonds. The number of hydrogen-bond acceptors (Lipinski definition) is 4. The highest BCUT2D eigenvalue weighted by molar-refractivity contribution is 9.10. The fourth-order valence-corrected chi connectivity index (χ4v) is 5.02. The van der Waals surface area contributed by atoms with Crippen molar-refractivity contribution >= 4 is 48.9 Å². The summed E-state index contributed by atoms with van der Waals surface area (Å²) in [7, 11) is -3.64. The Morgan fingerprint density at radius 3 is 2.71 bits per heavy atom. The average Bonchev–Trinajstić information content (AvgIpc) is 2.84. The molecule has 0 spiro atoms. The maximum absolute atomic E-state index is 12.5. The molecule has 1 aromatic heterocycles. The first kappa shape index (κ1) is 16.9. The first-order valence-electron chi connectivity index (χ1n) is 6.05. The van der Waals surface area contributed by atoms with Gasteiger partial charge in [0.1, 0.15) is 0 Å². The lowest BCUT2D eigenvalue weighted by Crippen LogP contribution is -2.24. The second kappa shape index (κ2) is 6.76. The Morgan fingerprint density at radius 2 is 2.14 bits per heavy atom. The van der Waals surface area contributed by atoms with Crippen LogP contribution in [0.4, 0.5) is 0 Å². The topological polar surface area (TPSA) is 72.2 Å². The van der Waals surface area contributed by atoms with E-state index < -0.39 is 10.0 Å². The first-order valence-corrected chi connectivity index (χ1v) is 9.59. The van der Waals surface area contributed by atoms with Gasteiger partial charge in [-0.15, -0.1) is 11.3 Å². The van der Waals surface area contributed by atoms with E-state index >= 15 is 0 Å². The predicted molar refractivity (Wildman–Crippen MR) is 90.1 cm³/mol. The van der Waals surface area contributed by atoms with Crippen molar-refractivity contribution in [3.05, 3.63) is 49.1 Å². The van der Waals surface area contributed by atoms with Gasteiger partial charge in [-0.25, -0.2) is 13.1 Å². The molecule has 2 aromatic rings. The summed E-state index contributed by atoms with van der Waals surface area (Å²) in [6.07, 6.45) is 0. The molecule has 21 heavy (non-hydrogen) atoms. The highest BCUT2D eigenvalue weighted by Crippen LogP contribution is 2.26. The lowest BCUT2D eigenvalue weighted by Gasteiger charge is -2.12. The van der Waals surface area contributed by atoms with Crippen molar-refractivity contribution in [2.24, 2.45) is 5.73 Å². The lowest BCUT2D eigenvalue weighted by atomic mass is 10.1. The Balaban J connectivity index is 2.32. The van der Waals surface area contributed by atoms with E-state index in [-0.39, 0.29) is 18.0 Å². The largest absolute Gasteiger partial charge is 0.326 e. The molecule has 0 atom stereocenters. The number of nitrogens with two attached hydrogens (primary N) is 1. The van der Waals surface area contributed by atoms with E-state index in [1.54, 1.807) is 13.0 Å². The quantitative estimate of drug-likeness (QED) is 0.795. The second-order valence-electron chi connectivity index (χ2n) is 4.41. The first-order chi connectivity index (χ1) is 9.85. The highest BCUT2D eigenvalue weighted by atomic mass is 79.9. The van der Waals surface area contributed by atoms with E-state index in [1.165, 1.54) is 17.4 Å². The van der Waals surface area contributed by atoms with Crippen LogP contribution in [0.15, 0.2) is 32.9 Å². The summed E-state index contributed by atoms with van der Waals surface area (Å²) in [5.41, 5.74) is 6.97. The van der Waals surface area contributed by atoms with Crippen LogP contribution in [0, 0.1) is 6.92 Å². The van der Waals surface area contributed by atoms with E-state index in [4.69, 9.17) is 17.3 Å². The van der Waals surface area contributed by atoms with Gasteiger partial charge < -0.3 is 5.73 Å². The van der Waals surface area contributed by atoms with Crippen molar-refractivity contribution in [2.45, 2.75) is 24.9 Å². The zero-order chi connectivity index (χ0) is 15.6. The molecule has 0 bridgehead atoms. The third kappa shape index (κ3) is 3.85. The molecular formula is C13H14BrClN2O2S2. The number of halogens is 2. The summed E-state index contributed by atoms with van der Waals surface area (Å²) in [6, 6.07) is 5.01. The molecule has 8 heteroatoms. The van der Waals surface area contributed by atoms with Crippen LogP contribution < -0.4 is 10.5 Å². The minimum atomic E-state index is -3.64. The number of nitrogens with one attached hydrogen (secondary N) is 1. The molecule has 1 heterocycles. The van der Waals surface area contributed by atoms with Crippen LogP contribution in [0.25, 0.3) is 0 Å². The molecule has 1 aromatic carbocycles. The van der Waals surface area contributed by atoms with E-state index in [0.29, 0.717) is 10.6 Å². The van der Waals surface area contributed by atoms with Crippen LogP contribution in [0.2, 0.25) is 5.02 Å². The second-order valence-corrected chi connectivity index (χ2v) is 8.44. The number of thiophene rings is 1. The Bertz CT molecular complexity index is 760. The molecule has 0 saturated heterocycles. The Labute approximate surface area is 141 Å². The highest BCUT2D eigenvalue weighted by Gasteiger charge is 2.19. The van der Waals surface area contributed by atoms with Crippen LogP contribution in [-0.4, -0.2) is 8.42 Å². The zero-order valence-corrected chi connectivity index (χ0v) is 15.2. The molecule has 114 valence electrons. The van der Waals surface area contributed by atoms with Gasteiger partial charge in [0, 0.05) is 27.5 Å². The Kier molecular flexibility index (Phi) is 5.45. The fourth-order valence-electron chi connectivity index (χ4n) is 1.89. The van der Waals surface area contributed by atoms with Crippen LogP contribution in [0.3, 0.4) is 0 Å². The van der Waals surface area contributed by atoms with Crippen molar-refractivity contribution in [1.82, 2.24) is 4.72 Å². The predicted octanol–water partition coefficient (Wildman–Crippen LogP) is 3.41. The number of sulfonamides is 1. The van der Waals surface area contributed by atoms with E-state index in [2.05, 4.69) is 20.7 Å². The number of benzene rings is 1. The molecule has 0 unspecified atom stereocenters. The third-order valence-corrected chi connectivity index (χ3v) is 6.73. The summed E-state index contributed by atoms with van der Waals surface area (Å²) in [5.74, 6) is 0. The summed E-state index contributed by atoms with van der Waals surface area (Å²) in [4.78, 5) is 1.08. The van der Waals surface area contributed by atoms with Crippen molar-refractivity contribution in [2.75, 3.05) is 0 Å². The van der Waals surface area contributed by atoms with Crippen molar-refractivity contribution in [3.63, 3.8) is 0 Å². The van der Waals surface area contributed by atoms with Crippen molar-refractivity contribution in [3.8, 4) is 0 Å². The summed E-state index contributed by atoms with van der Waals surface area (Å²) >= 11 is 10.8. The molecule has 2 rings (SSSR count). The molecule has 0 aliphatic rings. The van der Waals surface area contributed by atoms with Crippen molar-refractivity contribution in [1.29, 1.82) is 0 Å². The van der Waals surface area contributed by atoms with Crippen LogP contribution in [0.1, 0.15) is 16.0 Å². The van der Waals surface area contributed by atoms with E-state index in [9.17, 15) is 8.42 Å². The number of hydrogen-bond donors (Lipinski definition) is 2. The SMILES string of the molecule is Cc1c(CN)cc(Cl)cc1S(=O)(=O)NCc1sccc1Br.